The smallest absolute Gasteiger partial charge is 0.444 e. The number of carbonyl (C=O) groups excluding carboxylic acids is 2. The van der Waals surface area contributed by atoms with Gasteiger partial charge in [-0.15, -0.1) is 13.2 Å². The lowest BCUT2D eigenvalue weighted by atomic mass is 9.89. The molecule has 0 bridgehead atoms. The summed E-state index contributed by atoms with van der Waals surface area (Å²) in [5, 5.41) is 2.41. The second kappa shape index (κ2) is 10.0. The standard InChI is InChI=1S/C27H30F3N5O4/c1-26(2,3)39-25(37)32-20-14-17(38-27(28,29)30)6-7-19(20)24(36)35-12-9-15(10-13-35)18-8-11-31-23-21(18)33-22(34-23)16-4-5-16/h6-8,11,14-16H,4-5,9-10,12-13H2,1-3H3,(H,32,37)(H,31,33,34). The van der Waals surface area contributed by atoms with E-state index in [9.17, 15) is 22.8 Å². The molecule has 9 nitrogen and oxygen atoms in total. The summed E-state index contributed by atoms with van der Waals surface area (Å²) in [6, 6.07) is 5.22. The number of likely N-dealkylation sites (tertiary alicyclic amines) is 1. The highest BCUT2D eigenvalue weighted by Crippen LogP contribution is 2.40. The van der Waals surface area contributed by atoms with E-state index in [0.29, 0.717) is 31.8 Å². The number of fused-ring (bicyclic) bond motifs is 1. The van der Waals surface area contributed by atoms with Gasteiger partial charge in [-0.25, -0.2) is 14.8 Å². The summed E-state index contributed by atoms with van der Waals surface area (Å²) in [4.78, 5) is 40.1. The predicted octanol–water partition coefficient (Wildman–Crippen LogP) is 6.10. The molecule has 1 aromatic carbocycles. The van der Waals surface area contributed by atoms with E-state index < -0.39 is 29.7 Å². The van der Waals surface area contributed by atoms with E-state index >= 15 is 0 Å². The van der Waals surface area contributed by atoms with Crippen LogP contribution in [0.1, 0.15) is 80.0 Å². The Balaban J connectivity index is 1.32. The number of H-pyrrole nitrogens is 1. The number of anilines is 1. The van der Waals surface area contributed by atoms with Crippen molar-refractivity contribution in [2.75, 3.05) is 18.4 Å². The number of halogens is 3. The molecule has 3 aromatic rings. The van der Waals surface area contributed by atoms with Crippen molar-refractivity contribution < 1.29 is 32.2 Å². The number of aromatic nitrogens is 3. The third-order valence-corrected chi connectivity index (χ3v) is 6.71. The fourth-order valence-electron chi connectivity index (χ4n) is 4.82. The molecule has 0 atom stereocenters. The first-order valence-corrected chi connectivity index (χ1v) is 12.9. The molecule has 5 rings (SSSR count). The van der Waals surface area contributed by atoms with Crippen molar-refractivity contribution in [1.29, 1.82) is 0 Å². The van der Waals surface area contributed by atoms with Crippen LogP contribution in [-0.2, 0) is 4.74 Å². The van der Waals surface area contributed by atoms with E-state index in [0.717, 1.165) is 47.5 Å². The van der Waals surface area contributed by atoms with Crippen molar-refractivity contribution >= 4 is 28.9 Å². The lowest BCUT2D eigenvalue weighted by Crippen LogP contribution is -2.38. The van der Waals surface area contributed by atoms with Crippen molar-refractivity contribution in [3.63, 3.8) is 0 Å². The van der Waals surface area contributed by atoms with Crippen LogP contribution < -0.4 is 10.1 Å². The summed E-state index contributed by atoms with van der Waals surface area (Å²) in [6.45, 7) is 5.81. The number of hydrogen-bond acceptors (Lipinski definition) is 6. The van der Waals surface area contributed by atoms with E-state index in [4.69, 9.17) is 9.72 Å². The summed E-state index contributed by atoms with van der Waals surface area (Å²) in [7, 11) is 0. The first-order valence-electron chi connectivity index (χ1n) is 12.9. The lowest BCUT2D eigenvalue weighted by Gasteiger charge is -2.32. The molecule has 2 N–H and O–H groups in total. The number of benzene rings is 1. The van der Waals surface area contributed by atoms with Gasteiger partial charge in [0, 0.05) is 31.3 Å². The fourth-order valence-corrected chi connectivity index (χ4v) is 4.82. The molecule has 1 aliphatic heterocycles. The molecule has 0 unspecified atom stereocenters. The number of nitrogens with one attached hydrogen (secondary N) is 2. The number of piperidine rings is 1. The summed E-state index contributed by atoms with van der Waals surface area (Å²) >= 11 is 0. The zero-order valence-electron chi connectivity index (χ0n) is 21.9. The van der Waals surface area contributed by atoms with Gasteiger partial charge in [0.2, 0.25) is 0 Å². The van der Waals surface area contributed by atoms with Crippen LogP contribution in [0.15, 0.2) is 30.5 Å². The fraction of sp³-hybridized carbons (Fsp3) is 0.481. The molecule has 2 aromatic heterocycles. The second-order valence-corrected chi connectivity index (χ2v) is 10.9. The molecule has 39 heavy (non-hydrogen) atoms. The minimum atomic E-state index is -4.93. The Morgan fingerprint density at radius 2 is 1.77 bits per heavy atom. The number of imidazole rings is 1. The Morgan fingerprint density at radius 3 is 2.41 bits per heavy atom. The quantitative estimate of drug-likeness (QED) is 0.401. The van der Waals surface area contributed by atoms with Crippen LogP contribution in [0.5, 0.6) is 5.75 Å². The molecule has 1 saturated carbocycles. The molecule has 2 amide bonds. The molecular formula is C27H30F3N5O4. The SMILES string of the molecule is CC(C)(C)OC(=O)Nc1cc(OC(F)(F)F)ccc1C(=O)N1CCC(c2ccnc3[nH]c(C4CC4)nc23)CC1. The molecular weight excluding hydrogens is 515 g/mol. The highest BCUT2D eigenvalue weighted by atomic mass is 19.4. The average Bonchev–Trinajstić information content (AvgIpc) is 3.60. The Bertz CT molecular complexity index is 1390. The van der Waals surface area contributed by atoms with E-state index in [1.807, 2.05) is 6.07 Å². The lowest BCUT2D eigenvalue weighted by molar-refractivity contribution is -0.274. The Labute approximate surface area is 223 Å². The van der Waals surface area contributed by atoms with E-state index in [2.05, 4.69) is 20.0 Å². The van der Waals surface area contributed by atoms with Crippen LogP contribution in [0.25, 0.3) is 11.2 Å². The van der Waals surface area contributed by atoms with Gasteiger partial charge in [0.15, 0.2) is 5.65 Å². The van der Waals surface area contributed by atoms with Crippen molar-refractivity contribution in [2.24, 2.45) is 0 Å². The van der Waals surface area contributed by atoms with Crippen LogP contribution >= 0.6 is 0 Å². The van der Waals surface area contributed by atoms with Crippen LogP contribution in [0.4, 0.5) is 23.7 Å². The molecule has 12 heteroatoms. The van der Waals surface area contributed by atoms with Crippen LogP contribution in [-0.4, -0.2) is 56.9 Å². The maximum Gasteiger partial charge on any atom is 0.573 e. The van der Waals surface area contributed by atoms with Gasteiger partial charge >= 0.3 is 12.5 Å². The van der Waals surface area contributed by atoms with Gasteiger partial charge in [0.1, 0.15) is 22.7 Å². The Morgan fingerprint density at radius 1 is 1.05 bits per heavy atom. The Kier molecular flexibility index (Phi) is 6.90. The van der Waals surface area contributed by atoms with Gasteiger partial charge in [-0.3, -0.25) is 10.1 Å². The third-order valence-electron chi connectivity index (χ3n) is 6.71. The first kappa shape index (κ1) is 26.8. The normalized spacial score (nSPS) is 16.8. The molecule has 2 aliphatic rings. The van der Waals surface area contributed by atoms with Gasteiger partial charge in [0.05, 0.1) is 11.3 Å². The van der Waals surface area contributed by atoms with Gasteiger partial charge in [-0.2, -0.15) is 0 Å². The predicted molar refractivity (Wildman–Crippen MR) is 137 cm³/mol. The topological polar surface area (TPSA) is 109 Å². The summed E-state index contributed by atoms with van der Waals surface area (Å²) < 4.78 is 47.6. The number of pyridine rings is 1. The Hall–Kier alpha value is -3.83. The maximum atomic E-state index is 13.5. The van der Waals surface area contributed by atoms with Crippen molar-refractivity contribution in [1.82, 2.24) is 19.9 Å². The van der Waals surface area contributed by atoms with Crippen molar-refractivity contribution in [3.05, 3.63) is 47.4 Å². The largest absolute Gasteiger partial charge is 0.573 e. The molecule has 1 aliphatic carbocycles. The van der Waals surface area contributed by atoms with Crippen molar-refractivity contribution in [3.8, 4) is 5.75 Å². The van der Waals surface area contributed by atoms with Crippen LogP contribution in [0, 0.1) is 0 Å². The highest BCUT2D eigenvalue weighted by Gasteiger charge is 2.33. The average molecular weight is 546 g/mol. The number of ether oxygens (including phenoxy) is 2. The number of alkyl halides is 3. The number of hydrogen-bond donors (Lipinski definition) is 2. The second-order valence-electron chi connectivity index (χ2n) is 10.9. The summed E-state index contributed by atoms with van der Waals surface area (Å²) in [5.41, 5.74) is 1.80. The zero-order valence-corrected chi connectivity index (χ0v) is 21.9. The minimum absolute atomic E-state index is 0.0431. The third kappa shape index (κ3) is 6.43. The van der Waals surface area contributed by atoms with Crippen LogP contribution in [0.3, 0.4) is 0 Å². The number of rotatable bonds is 5. The molecule has 3 heterocycles. The molecule has 0 radical (unpaired) electrons. The molecule has 0 spiro atoms. The number of nitrogens with zero attached hydrogens (tertiary/aromatic N) is 3. The minimum Gasteiger partial charge on any atom is -0.444 e. The van der Waals surface area contributed by atoms with Crippen LogP contribution in [0.2, 0.25) is 0 Å². The van der Waals surface area contributed by atoms with Gasteiger partial charge < -0.3 is 19.4 Å². The number of carbonyl (C=O) groups is 2. The summed E-state index contributed by atoms with van der Waals surface area (Å²) in [6.07, 6.45) is -0.439. The monoisotopic (exact) mass is 545 g/mol. The van der Waals surface area contributed by atoms with Crippen molar-refractivity contribution in [2.45, 2.75) is 70.3 Å². The first-order chi connectivity index (χ1) is 18.4. The number of amides is 2. The zero-order chi connectivity index (χ0) is 27.9. The molecule has 2 fully saturated rings. The number of aromatic amines is 1. The van der Waals surface area contributed by atoms with E-state index in [1.165, 1.54) is 6.07 Å². The van der Waals surface area contributed by atoms with Gasteiger partial charge in [0.25, 0.3) is 5.91 Å². The molecule has 208 valence electrons. The molecule has 1 saturated heterocycles. The summed E-state index contributed by atoms with van der Waals surface area (Å²) in [5.74, 6) is 0.657. The maximum absolute atomic E-state index is 13.5. The van der Waals surface area contributed by atoms with E-state index in [-0.39, 0.29) is 17.2 Å². The van der Waals surface area contributed by atoms with Gasteiger partial charge in [-0.05, 0) is 76.1 Å². The van der Waals surface area contributed by atoms with E-state index in [1.54, 1.807) is 31.9 Å². The van der Waals surface area contributed by atoms with Gasteiger partial charge in [-0.1, -0.05) is 0 Å². The highest BCUT2D eigenvalue weighted by molar-refractivity contribution is 6.03.